The zero-order valence-corrected chi connectivity index (χ0v) is 13.3. The quantitative estimate of drug-likeness (QED) is 0.594. The summed E-state index contributed by atoms with van der Waals surface area (Å²) in [5.74, 6) is 0. The summed E-state index contributed by atoms with van der Waals surface area (Å²) >= 11 is 0. The van der Waals surface area contributed by atoms with E-state index in [9.17, 15) is 0 Å². The van der Waals surface area contributed by atoms with E-state index >= 15 is 0 Å². The van der Waals surface area contributed by atoms with E-state index in [4.69, 9.17) is 0 Å². The molecule has 0 aromatic rings. The van der Waals surface area contributed by atoms with Crippen LogP contribution in [0.1, 0.15) is 6.92 Å². The Balaban J connectivity index is 2.84. The van der Waals surface area contributed by atoms with Gasteiger partial charge in [-0.15, -0.1) is 0 Å². The third kappa shape index (κ3) is 3.06. The standard InChI is InChI=1S/C10H26Si3/c1-7-13(6)9-11(2,3)8-12(4,5)10-13/h7-10H2,1-6H3. The molecule has 0 saturated carbocycles. The molecule has 1 aliphatic rings. The number of rotatable bonds is 1. The summed E-state index contributed by atoms with van der Waals surface area (Å²) in [6, 6.07) is 1.54. The molecule has 1 fully saturated rings. The van der Waals surface area contributed by atoms with E-state index in [0.29, 0.717) is 0 Å². The maximum absolute atomic E-state index is 2.68. The van der Waals surface area contributed by atoms with Crippen LogP contribution in [0.25, 0.3) is 0 Å². The van der Waals surface area contributed by atoms with E-state index in [1.165, 1.54) is 0 Å². The molecule has 0 aliphatic carbocycles. The van der Waals surface area contributed by atoms with Gasteiger partial charge in [-0.2, -0.15) is 0 Å². The highest BCUT2D eigenvalue weighted by Crippen LogP contribution is 2.41. The van der Waals surface area contributed by atoms with Gasteiger partial charge in [0.05, 0.1) is 0 Å². The van der Waals surface area contributed by atoms with Crippen LogP contribution in [0, 0.1) is 0 Å². The van der Waals surface area contributed by atoms with Crippen LogP contribution in [0.3, 0.4) is 0 Å². The van der Waals surface area contributed by atoms with Gasteiger partial charge in [-0.25, -0.2) is 0 Å². The third-order valence-corrected chi connectivity index (χ3v) is 27.5. The summed E-state index contributed by atoms with van der Waals surface area (Å²) in [6.45, 7) is 15.7. The molecule has 3 heteroatoms. The molecular formula is C10H26Si3. The molecular weight excluding hydrogens is 204 g/mol. The fourth-order valence-electron chi connectivity index (χ4n) is 4.04. The first-order valence-electron chi connectivity index (χ1n) is 5.68. The monoisotopic (exact) mass is 230 g/mol. The lowest BCUT2D eigenvalue weighted by molar-refractivity contribution is 1.25. The van der Waals surface area contributed by atoms with Crippen LogP contribution >= 0.6 is 0 Å². The average Bonchev–Trinajstić information content (AvgIpc) is 1.79. The van der Waals surface area contributed by atoms with Crippen LogP contribution < -0.4 is 0 Å². The molecule has 1 aliphatic heterocycles. The zero-order chi connectivity index (χ0) is 10.3. The predicted molar refractivity (Wildman–Crippen MR) is 71.5 cm³/mol. The normalized spacial score (nSPS) is 30.0. The van der Waals surface area contributed by atoms with E-state index < -0.39 is 24.2 Å². The molecule has 1 heterocycles. The Morgan fingerprint density at radius 1 is 0.769 bits per heavy atom. The van der Waals surface area contributed by atoms with Gasteiger partial charge in [0.25, 0.3) is 0 Å². The highest BCUT2D eigenvalue weighted by atomic mass is 28.5. The van der Waals surface area contributed by atoms with Gasteiger partial charge in [-0.3, -0.25) is 0 Å². The summed E-state index contributed by atoms with van der Waals surface area (Å²) in [4.78, 5) is 0. The van der Waals surface area contributed by atoms with Crippen molar-refractivity contribution in [2.75, 3.05) is 0 Å². The summed E-state index contributed by atoms with van der Waals surface area (Å²) < 4.78 is 0. The molecule has 0 spiro atoms. The second-order valence-corrected chi connectivity index (χ2v) is 24.3. The van der Waals surface area contributed by atoms with Gasteiger partial charge in [-0.1, -0.05) is 62.7 Å². The molecule has 78 valence electrons. The zero-order valence-electron chi connectivity index (χ0n) is 10.3. The largest absolute Gasteiger partial charge is 0.0698 e. The highest BCUT2D eigenvalue weighted by molar-refractivity contribution is 7.12. The van der Waals surface area contributed by atoms with Crippen molar-refractivity contribution in [3.05, 3.63) is 0 Å². The first kappa shape index (κ1) is 11.7. The Morgan fingerprint density at radius 3 is 1.46 bits per heavy atom. The maximum atomic E-state index is 2.68. The molecule has 0 aromatic carbocycles. The second-order valence-electron chi connectivity index (χ2n) is 7.02. The van der Waals surface area contributed by atoms with Crippen LogP contribution in [0.15, 0.2) is 0 Å². The van der Waals surface area contributed by atoms with Gasteiger partial charge in [-0.05, 0) is 0 Å². The van der Waals surface area contributed by atoms with Gasteiger partial charge in [0.2, 0.25) is 0 Å². The molecule has 0 amide bonds. The van der Waals surface area contributed by atoms with Crippen molar-refractivity contribution in [3.63, 3.8) is 0 Å². The van der Waals surface area contributed by atoms with E-state index in [1.54, 1.807) is 23.0 Å². The molecule has 1 saturated heterocycles. The fourth-order valence-corrected chi connectivity index (χ4v) is 39.8. The molecule has 0 aromatic heterocycles. The van der Waals surface area contributed by atoms with Crippen molar-refractivity contribution in [2.24, 2.45) is 0 Å². The Hall–Kier alpha value is 0.651. The van der Waals surface area contributed by atoms with Crippen LogP contribution in [-0.4, -0.2) is 24.2 Å². The SMILES string of the molecule is CC[Si]1(C)C[Si](C)(C)C[Si](C)(C)C1. The van der Waals surface area contributed by atoms with Gasteiger partial charge in [0.15, 0.2) is 0 Å². The molecule has 1 rings (SSSR count). The van der Waals surface area contributed by atoms with Crippen LogP contribution in [0.2, 0.25) is 55.8 Å². The number of hydrogen-bond donors (Lipinski definition) is 0. The fraction of sp³-hybridized carbons (Fsp3) is 1.00. The second kappa shape index (κ2) is 3.35. The smallest absolute Gasteiger partial charge is 0.0449 e. The summed E-state index contributed by atoms with van der Waals surface area (Å²) in [6.07, 6.45) is 0. The van der Waals surface area contributed by atoms with E-state index in [2.05, 4.69) is 39.7 Å². The van der Waals surface area contributed by atoms with Gasteiger partial charge in [0, 0.05) is 24.2 Å². The Labute approximate surface area is 87.2 Å². The van der Waals surface area contributed by atoms with Gasteiger partial charge in [0.1, 0.15) is 0 Å². The van der Waals surface area contributed by atoms with E-state index in [1.807, 2.05) is 0 Å². The van der Waals surface area contributed by atoms with Crippen molar-refractivity contribution >= 4 is 24.2 Å². The molecule has 0 atom stereocenters. The van der Waals surface area contributed by atoms with Crippen molar-refractivity contribution in [1.82, 2.24) is 0 Å². The topological polar surface area (TPSA) is 0 Å². The highest BCUT2D eigenvalue weighted by Gasteiger charge is 2.46. The van der Waals surface area contributed by atoms with E-state index in [-0.39, 0.29) is 0 Å². The lowest BCUT2D eigenvalue weighted by atomic mass is 11.0. The van der Waals surface area contributed by atoms with Gasteiger partial charge < -0.3 is 0 Å². The third-order valence-electron chi connectivity index (χ3n) is 3.62. The van der Waals surface area contributed by atoms with Crippen LogP contribution in [0.4, 0.5) is 0 Å². The average molecular weight is 231 g/mol. The minimum absolute atomic E-state index is 0.758. The van der Waals surface area contributed by atoms with Crippen molar-refractivity contribution in [2.45, 2.75) is 62.7 Å². The van der Waals surface area contributed by atoms with Crippen LogP contribution in [-0.2, 0) is 0 Å². The minimum Gasteiger partial charge on any atom is -0.0698 e. The summed E-state index contributed by atoms with van der Waals surface area (Å²) in [5.41, 5.74) is 5.13. The molecule has 0 radical (unpaired) electrons. The first-order chi connectivity index (χ1) is 5.68. The molecule has 0 N–H and O–H groups in total. The Morgan fingerprint density at radius 2 is 1.15 bits per heavy atom. The van der Waals surface area contributed by atoms with Crippen molar-refractivity contribution < 1.29 is 0 Å². The minimum atomic E-state index is -0.759. The molecule has 0 nitrogen and oxygen atoms in total. The van der Waals surface area contributed by atoms with Crippen LogP contribution in [0.5, 0.6) is 0 Å². The lowest BCUT2D eigenvalue weighted by Gasteiger charge is -2.47. The lowest BCUT2D eigenvalue weighted by Crippen LogP contribution is -2.56. The number of hydrogen-bond acceptors (Lipinski definition) is 0. The molecule has 0 unspecified atom stereocenters. The van der Waals surface area contributed by atoms with Gasteiger partial charge >= 0.3 is 0 Å². The summed E-state index contributed by atoms with van der Waals surface area (Å²) in [7, 11) is -2.28. The molecule has 13 heavy (non-hydrogen) atoms. The van der Waals surface area contributed by atoms with Crippen molar-refractivity contribution in [3.8, 4) is 0 Å². The van der Waals surface area contributed by atoms with Crippen molar-refractivity contribution in [1.29, 1.82) is 0 Å². The molecule has 0 bridgehead atoms. The Kier molecular flexibility index (Phi) is 3.02. The first-order valence-corrected chi connectivity index (χ1v) is 15.6. The Bertz CT molecular complexity index is 180. The van der Waals surface area contributed by atoms with E-state index in [0.717, 1.165) is 0 Å². The predicted octanol–water partition coefficient (Wildman–Crippen LogP) is 4.13. The maximum Gasteiger partial charge on any atom is 0.0449 e. The summed E-state index contributed by atoms with van der Waals surface area (Å²) in [5, 5.41) is 0.